The van der Waals surface area contributed by atoms with Crippen molar-refractivity contribution < 1.29 is 22.8 Å². The molecule has 0 aromatic heterocycles. The molecule has 2 fully saturated rings. The molecule has 1 N–H and O–H groups in total. The largest absolute Gasteiger partial charge is 0.492 e. The minimum atomic E-state index is -4.65. The first-order chi connectivity index (χ1) is 10.8. The molecule has 3 rings (SSSR count). The molecule has 2 heterocycles. The Morgan fingerprint density at radius 2 is 2.17 bits per heavy atom. The molecule has 9 heteroatoms. The molecule has 0 spiro atoms. The Morgan fingerprint density at radius 1 is 1.39 bits per heavy atom. The molecule has 1 aromatic rings. The molecule has 0 aliphatic carbocycles. The number of non-ortho nitro benzene ring substituents is 1. The van der Waals surface area contributed by atoms with Gasteiger partial charge in [-0.15, -0.1) is 0 Å². The van der Waals surface area contributed by atoms with Gasteiger partial charge in [-0.2, -0.15) is 13.2 Å². The van der Waals surface area contributed by atoms with Crippen LogP contribution in [-0.2, 0) is 6.18 Å². The Balaban J connectivity index is 1.64. The second-order valence-electron chi connectivity index (χ2n) is 5.81. The fourth-order valence-electron chi connectivity index (χ4n) is 3.14. The number of nitrogens with zero attached hydrogens (tertiary/aromatic N) is 2. The fourth-order valence-corrected chi connectivity index (χ4v) is 3.14. The number of nitrogens with one attached hydrogen (secondary N) is 1. The summed E-state index contributed by atoms with van der Waals surface area (Å²) in [5.41, 5.74) is -1.70. The normalized spacial score (nSPS) is 24.1. The van der Waals surface area contributed by atoms with E-state index in [4.69, 9.17) is 4.74 Å². The number of fused-ring (bicyclic) bond motifs is 2. The predicted molar refractivity (Wildman–Crippen MR) is 75.4 cm³/mol. The van der Waals surface area contributed by atoms with E-state index in [9.17, 15) is 23.3 Å². The zero-order valence-electron chi connectivity index (χ0n) is 12.2. The van der Waals surface area contributed by atoms with Gasteiger partial charge in [0.1, 0.15) is 12.4 Å². The van der Waals surface area contributed by atoms with Gasteiger partial charge in [-0.25, -0.2) is 0 Å². The first kappa shape index (κ1) is 16.0. The van der Waals surface area contributed by atoms with Crippen molar-refractivity contribution >= 4 is 5.69 Å². The molecule has 1 unspecified atom stereocenters. The minimum Gasteiger partial charge on any atom is -0.492 e. The van der Waals surface area contributed by atoms with Crippen molar-refractivity contribution in [2.45, 2.75) is 24.7 Å². The number of rotatable bonds is 5. The summed E-state index contributed by atoms with van der Waals surface area (Å²) in [6.45, 7) is 2.60. The highest BCUT2D eigenvalue weighted by Gasteiger charge is 2.37. The van der Waals surface area contributed by atoms with E-state index in [1.165, 1.54) is 0 Å². The molecule has 0 radical (unpaired) electrons. The SMILES string of the molecule is O=[N+]([O-])c1cc(OCCN2C[C@H]3CC2CN3)cc(C(F)(F)F)c1. The van der Waals surface area contributed by atoms with Crippen molar-refractivity contribution in [1.29, 1.82) is 0 Å². The van der Waals surface area contributed by atoms with Gasteiger partial charge in [0.15, 0.2) is 0 Å². The van der Waals surface area contributed by atoms with E-state index in [0.717, 1.165) is 31.6 Å². The predicted octanol–water partition coefficient (Wildman–Crippen LogP) is 2.04. The molecule has 2 atom stereocenters. The van der Waals surface area contributed by atoms with E-state index in [2.05, 4.69) is 10.2 Å². The zero-order chi connectivity index (χ0) is 16.6. The first-order valence-corrected chi connectivity index (χ1v) is 7.30. The van der Waals surface area contributed by atoms with E-state index in [1.807, 2.05) is 0 Å². The smallest absolute Gasteiger partial charge is 0.416 e. The molecule has 2 aliphatic heterocycles. The van der Waals surface area contributed by atoms with Gasteiger partial charge in [0, 0.05) is 37.8 Å². The number of benzene rings is 1. The number of hydrogen-bond acceptors (Lipinski definition) is 5. The third-order valence-corrected chi connectivity index (χ3v) is 4.25. The van der Waals surface area contributed by atoms with Crippen LogP contribution in [0, 0.1) is 10.1 Å². The summed E-state index contributed by atoms with van der Waals surface area (Å²) in [6, 6.07) is 3.25. The van der Waals surface area contributed by atoms with E-state index < -0.39 is 22.4 Å². The molecule has 6 nitrogen and oxygen atoms in total. The van der Waals surface area contributed by atoms with Crippen LogP contribution in [0.1, 0.15) is 12.0 Å². The highest BCUT2D eigenvalue weighted by Crippen LogP contribution is 2.34. The number of nitro groups is 1. The molecule has 2 saturated heterocycles. The summed E-state index contributed by atoms with van der Waals surface area (Å²) in [5, 5.41) is 14.1. The Morgan fingerprint density at radius 3 is 2.74 bits per heavy atom. The van der Waals surface area contributed by atoms with Gasteiger partial charge in [0.25, 0.3) is 5.69 Å². The molecule has 0 amide bonds. The lowest BCUT2D eigenvalue weighted by Gasteiger charge is -2.27. The Kier molecular flexibility index (Phi) is 4.15. The summed E-state index contributed by atoms with van der Waals surface area (Å²) < 4.78 is 43.7. The number of ether oxygens (including phenoxy) is 1. The maximum Gasteiger partial charge on any atom is 0.416 e. The third kappa shape index (κ3) is 3.56. The summed E-state index contributed by atoms with van der Waals surface area (Å²) >= 11 is 0. The second-order valence-corrected chi connectivity index (χ2v) is 5.81. The van der Waals surface area contributed by atoms with E-state index in [-0.39, 0.29) is 12.4 Å². The number of halogens is 3. The van der Waals surface area contributed by atoms with Crippen LogP contribution in [0.2, 0.25) is 0 Å². The minimum absolute atomic E-state index is 0.131. The Labute approximate surface area is 130 Å². The van der Waals surface area contributed by atoms with E-state index >= 15 is 0 Å². The van der Waals surface area contributed by atoms with E-state index in [1.54, 1.807) is 0 Å². The quantitative estimate of drug-likeness (QED) is 0.661. The van der Waals surface area contributed by atoms with Gasteiger partial charge in [0.05, 0.1) is 16.6 Å². The van der Waals surface area contributed by atoms with Crippen molar-refractivity contribution in [1.82, 2.24) is 10.2 Å². The summed E-state index contributed by atoms with van der Waals surface area (Å²) in [5.74, 6) is -0.131. The van der Waals surface area contributed by atoms with Crippen LogP contribution < -0.4 is 10.1 Å². The summed E-state index contributed by atoms with van der Waals surface area (Å²) in [4.78, 5) is 12.1. The van der Waals surface area contributed by atoms with Gasteiger partial charge in [0.2, 0.25) is 0 Å². The maximum atomic E-state index is 12.8. The lowest BCUT2D eigenvalue weighted by atomic mass is 10.2. The highest BCUT2D eigenvalue weighted by molar-refractivity contribution is 5.43. The fraction of sp³-hybridized carbons (Fsp3) is 0.571. The van der Waals surface area contributed by atoms with E-state index in [0.29, 0.717) is 24.7 Å². The number of nitro benzene ring substituents is 1. The van der Waals surface area contributed by atoms with Crippen LogP contribution in [0.3, 0.4) is 0 Å². The van der Waals surface area contributed by atoms with Gasteiger partial charge in [-0.05, 0) is 12.5 Å². The molecule has 2 bridgehead atoms. The van der Waals surface area contributed by atoms with Crippen LogP contribution in [0.5, 0.6) is 5.75 Å². The van der Waals surface area contributed by atoms with Crippen LogP contribution in [0.4, 0.5) is 18.9 Å². The average Bonchev–Trinajstić information content (AvgIpc) is 3.08. The molecule has 126 valence electrons. The highest BCUT2D eigenvalue weighted by atomic mass is 19.4. The monoisotopic (exact) mass is 331 g/mol. The lowest BCUT2D eigenvalue weighted by molar-refractivity contribution is -0.385. The summed E-state index contributed by atoms with van der Waals surface area (Å²) in [6.07, 6.45) is -3.57. The molecule has 0 saturated carbocycles. The molecular formula is C14H16F3N3O3. The topological polar surface area (TPSA) is 67.6 Å². The lowest BCUT2D eigenvalue weighted by Crippen LogP contribution is -2.45. The average molecular weight is 331 g/mol. The number of alkyl halides is 3. The van der Waals surface area contributed by atoms with Crippen molar-refractivity contribution in [3.05, 3.63) is 33.9 Å². The number of likely N-dealkylation sites (tertiary alicyclic amines) is 1. The van der Waals surface area contributed by atoms with Crippen LogP contribution in [0.25, 0.3) is 0 Å². The van der Waals surface area contributed by atoms with Gasteiger partial charge >= 0.3 is 6.18 Å². The zero-order valence-corrected chi connectivity index (χ0v) is 12.2. The Bertz CT molecular complexity index is 609. The maximum absolute atomic E-state index is 12.8. The van der Waals surface area contributed by atoms with Gasteiger partial charge in [-0.3, -0.25) is 15.0 Å². The van der Waals surface area contributed by atoms with Crippen molar-refractivity contribution in [3.63, 3.8) is 0 Å². The van der Waals surface area contributed by atoms with Crippen LogP contribution in [0.15, 0.2) is 18.2 Å². The molecular weight excluding hydrogens is 315 g/mol. The molecule has 23 heavy (non-hydrogen) atoms. The second kappa shape index (κ2) is 5.97. The van der Waals surface area contributed by atoms with Crippen molar-refractivity contribution in [2.75, 3.05) is 26.2 Å². The van der Waals surface area contributed by atoms with Crippen LogP contribution in [-0.4, -0.2) is 48.1 Å². The van der Waals surface area contributed by atoms with Crippen LogP contribution >= 0.6 is 0 Å². The van der Waals surface area contributed by atoms with Gasteiger partial charge in [-0.1, -0.05) is 0 Å². The molecule has 1 aromatic carbocycles. The van der Waals surface area contributed by atoms with Crippen molar-refractivity contribution in [2.24, 2.45) is 0 Å². The first-order valence-electron chi connectivity index (χ1n) is 7.30. The number of piperazine rings is 1. The third-order valence-electron chi connectivity index (χ3n) is 4.25. The Hall–Kier alpha value is -1.87. The van der Waals surface area contributed by atoms with Crippen molar-refractivity contribution in [3.8, 4) is 5.75 Å². The number of hydrogen-bond donors (Lipinski definition) is 1. The standard InChI is InChI=1S/C14H16F3N3O3/c15-14(16,17)9-3-11(20(21)22)6-13(4-9)23-2-1-19-8-10-5-12(19)7-18-10/h3-4,6,10,12,18H,1-2,5,7-8H2/t10-,12?/m1/s1. The van der Waals surface area contributed by atoms with Gasteiger partial charge < -0.3 is 10.1 Å². The summed E-state index contributed by atoms with van der Waals surface area (Å²) in [7, 11) is 0. The molecule has 2 aliphatic rings.